The van der Waals surface area contributed by atoms with Gasteiger partial charge in [0.15, 0.2) is 4.67 Å². The third-order valence-corrected chi connectivity index (χ3v) is 3.40. The van der Waals surface area contributed by atoms with Crippen molar-refractivity contribution >= 4 is 33.2 Å². The number of nitrogens with one attached hydrogen (secondary N) is 1. The van der Waals surface area contributed by atoms with E-state index in [2.05, 4.69) is 21.2 Å². The van der Waals surface area contributed by atoms with Crippen LogP contribution in [0.3, 0.4) is 0 Å². The van der Waals surface area contributed by atoms with E-state index in [4.69, 9.17) is 4.42 Å². The van der Waals surface area contributed by atoms with Gasteiger partial charge in [-0.2, -0.15) is 0 Å². The number of carbonyl (C=O) groups is 1. The van der Waals surface area contributed by atoms with Crippen molar-refractivity contribution < 1.29 is 14.1 Å². The highest BCUT2D eigenvalue weighted by Gasteiger charge is 2.16. The highest BCUT2D eigenvalue weighted by molar-refractivity contribution is 9.10. The van der Waals surface area contributed by atoms with Gasteiger partial charge in [0, 0.05) is 17.3 Å². The average Bonchev–Trinajstić information content (AvgIpc) is 2.85. The number of anilines is 1. The number of benzene rings is 1. The smallest absolute Gasteiger partial charge is 0.274 e. The first-order valence-corrected chi connectivity index (χ1v) is 6.64. The Kier molecular flexibility index (Phi) is 4.19. The number of amides is 1. The summed E-state index contributed by atoms with van der Waals surface area (Å²) in [6.07, 6.45) is 1.93. The standard InChI is InChI=1S/C13H11BrN2O4/c1-2-8-3-4-9(7-11(8)16(18)19)15-13(17)10-5-6-20-12(10)14/h3-7H,2H2,1H3,(H,15,17). The highest BCUT2D eigenvalue weighted by Crippen LogP contribution is 2.25. The van der Waals surface area contributed by atoms with E-state index in [1.807, 2.05) is 6.92 Å². The molecule has 7 heteroatoms. The molecule has 104 valence electrons. The van der Waals surface area contributed by atoms with Gasteiger partial charge in [0.05, 0.1) is 16.7 Å². The van der Waals surface area contributed by atoms with Crippen molar-refractivity contribution in [3.63, 3.8) is 0 Å². The summed E-state index contributed by atoms with van der Waals surface area (Å²) in [5, 5.41) is 13.6. The zero-order valence-corrected chi connectivity index (χ0v) is 12.1. The molecule has 0 unspecified atom stereocenters. The van der Waals surface area contributed by atoms with Crippen molar-refractivity contribution in [1.82, 2.24) is 0 Å². The maximum absolute atomic E-state index is 12.0. The van der Waals surface area contributed by atoms with Crippen LogP contribution in [0.2, 0.25) is 0 Å². The lowest BCUT2D eigenvalue weighted by atomic mass is 10.1. The molecule has 1 aromatic carbocycles. The third-order valence-electron chi connectivity index (χ3n) is 2.78. The van der Waals surface area contributed by atoms with E-state index in [-0.39, 0.29) is 5.69 Å². The van der Waals surface area contributed by atoms with Crippen LogP contribution < -0.4 is 5.32 Å². The van der Waals surface area contributed by atoms with Gasteiger partial charge >= 0.3 is 0 Å². The normalized spacial score (nSPS) is 10.3. The van der Waals surface area contributed by atoms with Crippen LogP contribution in [-0.2, 0) is 6.42 Å². The predicted octanol–water partition coefficient (Wildman–Crippen LogP) is 3.77. The zero-order valence-electron chi connectivity index (χ0n) is 10.6. The summed E-state index contributed by atoms with van der Waals surface area (Å²) in [5.74, 6) is -0.399. The van der Waals surface area contributed by atoms with Crippen molar-refractivity contribution in [3.8, 4) is 0 Å². The number of rotatable bonds is 4. The Morgan fingerprint density at radius 3 is 2.75 bits per heavy atom. The minimum absolute atomic E-state index is 0.00319. The monoisotopic (exact) mass is 338 g/mol. The molecule has 0 saturated heterocycles. The second kappa shape index (κ2) is 5.87. The summed E-state index contributed by atoms with van der Waals surface area (Å²) in [7, 11) is 0. The first-order valence-electron chi connectivity index (χ1n) is 5.84. The molecule has 0 fully saturated rings. The average molecular weight is 339 g/mol. The maximum Gasteiger partial charge on any atom is 0.274 e. The molecule has 0 saturated carbocycles. The number of nitrogens with zero attached hydrogens (tertiary/aromatic N) is 1. The summed E-state index contributed by atoms with van der Waals surface area (Å²) in [6.45, 7) is 1.84. The predicted molar refractivity (Wildman–Crippen MR) is 76.8 cm³/mol. The summed E-state index contributed by atoms with van der Waals surface area (Å²) >= 11 is 3.11. The van der Waals surface area contributed by atoms with Crippen LogP contribution in [-0.4, -0.2) is 10.8 Å². The number of hydrogen-bond donors (Lipinski definition) is 1. The lowest BCUT2D eigenvalue weighted by Gasteiger charge is -2.06. The highest BCUT2D eigenvalue weighted by atomic mass is 79.9. The van der Waals surface area contributed by atoms with Crippen LogP contribution in [0, 0.1) is 10.1 Å². The van der Waals surface area contributed by atoms with Gasteiger partial charge in [-0.1, -0.05) is 13.0 Å². The van der Waals surface area contributed by atoms with Gasteiger partial charge in [0.25, 0.3) is 11.6 Å². The molecule has 2 rings (SSSR count). The van der Waals surface area contributed by atoms with Gasteiger partial charge in [-0.05, 0) is 34.5 Å². The van der Waals surface area contributed by atoms with E-state index in [1.54, 1.807) is 12.1 Å². The molecule has 0 atom stereocenters. The Bertz CT molecular complexity index is 666. The molecule has 0 aliphatic carbocycles. The quantitative estimate of drug-likeness (QED) is 0.679. The van der Waals surface area contributed by atoms with Gasteiger partial charge in [0.1, 0.15) is 0 Å². The molecular formula is C13H11BrN2O4. The van der Waals surface area contributed by atoms with E-state index in [1.165, 1.54) is 18.4 Å². The molecule has 1 heterocycles. The molecule has 0 spiro atoms. The van der Waals surface area contributed by atoms with E-state index < -0.39 is 10.8 Å². The SMILES string of the molecule is CCc1ccc(NC(=O)c2ccoc2Br)cc1[N+](=O)[O-]. The second-order valence-electron chi connectivity index (χ2n) is 4.02. The lowest BCUT2D eigenvalue weighted by molar-refractivity contribution is -0.385. The summed E-state index contributed by atoms with van der Waals surface area (Å²) in [6, 6.07) is 6.13. The van der Waals surface area contributed by atoms with E-state index in [0.29, 0.717) is 27.9 Å². The maximum atomic E-state index is 12.0. The van der Waals surface area contributed by atoms with Gasteiger partial charge in [0.2, 0.25) is 0 Å². The minimum atomic E-state index is -0.456. The van der Waals surface area contributed by atoms with Crippen LogP contribution in [0.15, 0.2) is 39.6 Å². The summed E-state index contributed by atoms with van der Waals surface area (Å²) in [5.41, 5.74) is 1.31. The van der Waals surface area contributed by atoms with Crippen LogP contribution >= 0.6 is 15.9 Å². The summed E-state index contributed by atoms with van der Waals surface area (Å²) in [4.78, 5) is 22.5. The van der Waals surface area contributed by atoms with Gasteiger partial charge in [-0.3, -0.25) is 14.9 Å². The van der Waals surface area contributed by atoms with E-state index in [0.717, 1.165) is 0 Å². The lowest BCUT2D eigenvalue weighted by Crippen LogP contribution is -2.11. The Hall–Kier alpha value is -2.15. The largest absolute Gasteiger partial charge is 0.457 e. The van der Waals surface area contributed by atoms with Crippen molar-refractivity contribution in [1.29, 1.82) is 0 Å². The van der Waals surface area contributed by atoms with Crippen LogP contribution in [0.4, 0.5) is 11.4 Å². The topological polar surface area (TPSA) is 85.4 Å². The van der Waals surface area contributed by atoms with E-state index >= 15 is 0 Å². The number of carbonyl (C=O) groups excluding carboxylic acids is 1. The van der Waals surface area contributed by atoms with Crippen molar-refractivity contribution in [2.45, 2.75) is 13.3 Å². The molecule has 0 bridgehead atoms. The molecule has 0 aliphatic heterocycles. The third kappa shape index (κ3) is 2.88. The van der Waals surface area contributed by atoms with Crippen molar-refractivity contribution in [3.05, 3.63) is 56.4 Å². The number of aryl methyl sites for hydroxylation is 1. The second-order valence-corrected chi connectivity index (χ2v) is 4.74. The number of furan rings is 1. The first kappa shape index (κ1) is 14.3. The molecule has 0 aliphatic rings. The molecule has 6 nitrogen and oxygen atoms in total. The molecular weight excluding hydrogens is 328 g/mol. The molecule has 0 radical (unpaired) electrons. The Morgan fingerprint density at radius 1 is 1.45 bits per heavy atom. The minimum Gasteiger partial charge on any atom is -0.457 e. The van der Waals surface area contributed by atoms with Gasteiger partial charge in [-0.25, -0.2) is 0 Å². The Labute approximate surface area is 123 Å². The number of nitro groups is 1. The van der Waals surface area contributed by atoms with Crippen LogP contribution in [0.25, 0.3) is 0 Å². The van der Waals surface area contributed by atoms with Gasteiger partial charge < -0.3 is 9.73 Å². The first-order chi connectivity index (χ1) is 9.52. The van der Waals surface area contributed by atoms with E-state index in [9.17, 15) is 14.9 Å². The molecule has 1 amide bonds. The van der Waals surface area contributed by atoms with Crippen LogP contribution in [0.1, 0.15) is 22.8 Å². The molecule has 20 heavy (non-hydrogen) atoms. The number of nitro benzene ring substituents is 1. The Morgan fingerprint density at radius 2 is 2.20 bits per heavy atom. The fraction of sp³-hybridized carbons (Fsp3) is 0.154. The fourth-order valence-electron chi connectivity index (χ4n) is 1.76. The number of halogens is 1. The van der Waals surface area contributed by atoms with Gasteiger partial charge in [-0.15, -0.1) is 0 Å². The Balaban J connectivity index is 2.26. The molecule has 1 N–H and O–H groups in total. The summed E-state index contributed by atoms with van der Waals surface area (Å²) < 4.78 is 5.28. The van der Waals surface area contributed by atoms with Crippen LogP contribution in [0.5, 0.6) is 0 Å². The zero-order chi connectivity index (χ0) is 14.7. The van der Waals surface area contributed by atoms with Crippen molar-refractivity contribution in [2.75, 3.05) is 5.32 Å². The molecule has 2 aromatic rings. The fourth-order valence-corrected chi connectivity index (χ4v) is 2.18. The van der Waals surface area contributed by atoms with Crippen molar-refractivity contribution in [2.24, 2.45) is 0 Å². The molecule has 1 aromatic heterocycles. The number of hydrogen-bond acceptors (Lipinski definition) is 4.